The fourth-order valence-electron chi connectivity index (χ4n) is 1.71. The van der Waals surface area contributed by atoms with Gasteiger partial charge in [0, 0.05) is 12.6 Å². The predicted molar refractivity (Wildman–Crippen MR) is 74.7 cm³/mol. The maximum atomic E-state index is 11.5. The van der Waals surface area contributed by atoms with Crippen LogP contribution in [-0.4, -0.2) is 21.0 Å². The summed E-state index contributed by atoms with van der Waals surface area (Å²) in [6.45, 7) is 6.13. The molecule has 2 N–H and O–H groups in total. The Balaban J connectivity index is 2.38. The topological polar surface area (TPSA) is 58.2 Å². The molecule has 1 unspecified atom stereocenters. The van der Waals surface area contributed by atoms with Crippen molar-refractivity contribution in [2.45, 2.75) is 39.2 Å². The van der Waals surface area contributed by atoms with Gasteiger partial charge in [0.25, 0.3) is 10.2 Å². The number of benzene rings is 1. The average Bonchev–Trinajstić information content (AvgIpc) is 2.28. The third-order valence-corrected chi connectivity index (χ3v) is 3.99. The van der Waals surface area contributed by atoms with Crippen LogP contribution in [0.3, 0.4) is 0 Å². The molecule has 0 bridgehead atoms. The van der Waals surface area contributed by atoms with Gasteiger partial charge in [-0.25, -0.2) is 4.72 Å². The molecule has 5 heteroatoms. The van der Waals surface area contributed by atoms with E-state index in [0.717, 1.165) is 6.42 Å². The molecule has 0 heterocycles. The minimum absolute atomic E-state index is 0.0888. The van der Waals surface area contributed by atoms with Crippen LogP contribution in [0.25, 0.3) is 0 Å². The van der Waals surface area contributed by atoms with Gasteiger partial charge in [0.05, 0.1) is 0 Å². The molecule has 0 aromatic heterocycles. The van der Waals surface area contributed by atoms with Crippen molar-refractivity contribution in [2.75, 3.05) is 6.54 Å². The first-order valence-electron chi connectivity index (χ1n) is 6.22. The maximum Gasteiger partial charge on any atom is 0.277 e. The van der Waals surface area contributed by atoms with Crippen molar-refractivity contribution >= 4 is 10.2 Å². The second-order valence-electron chi connectivity index (χ2n) is 4.77. The molecule has 0 aliphatic rings. The van der Waals surface area contributed by atoms with Crippen molar-refractivity contribution in [1.29, 1.82) is 0 Å². The first-order valence-corrected chi connectivity index (χ1v) is 7.71. The molecule has 4 nitrogen and oxygen atoms in total. The van der Waals surface area contributed by atoms with E-state index in [2.05, 4.69) is 28.5 Å². The van der Waals surface area contributed by atoms with Crippen LogP contribution in [-0.2, 0) is 10.2 Å². The summed E-state index contributed by atoms with van der Waals surface area (Å²) in [6, 6.07) is 10.0. The molecule has 18 heavy (non-hydrogen) atoms. The second-order valence-corrected chi connectivity index (χ2v) is 6.30. The van der Waals surface area contributed by atoms with E-state index < -0.39 is 10.2 Å². The normalized spacial score (nSPS) is 13.8. The second kappa shape index (κ2) is 6.87. The lowest BCUT2D eigenvalue weighted by atomic mass is 9.98. The molecule has 0 radical (unpaired) electrons. The molecular weight excluding hydrogens is 248 g/mol. The molecule has 0 saturated heterocycles. The summed E-state index contributed by atoms with van der Waals surface area (Å²) < 4.78 is 28.1. The van der Waals surface area contributed by atoms with E-state index in [0.29, 0.717) is 12.5 Å². The van der Waals surface area contributed by atoms with Crippen LogP contribution in [0.15, 0.2) is 30.3 Å². The monoisotopic (exact) mass is 270 g/mol. The van der Waals surface area contributed by atoms with E-state index in [-0.39, 0.29) is 6.04 Å². The highest BCUT2D eigenvalue weighted by Gasteiger charge is 2.11. The fourth-order valence-corrected chi connectivity index (χ4v) is 2.80. The molecule has 0 spiro atoms. The molecule has 1 aromatic rings. The summed E-state index contributed by atoms with van der Waals surface area (Å²) in [5.74, 6) is 0.341. The van der Waals surface area contributed by atoms with E-state index in [9.17, 15) is 8.42 Å². The van der Waals surface area contributed by atoms with Crippen molar-refractivity contribution in [3.8, 4) is 0 Å². The summed E-state index contributed by atoms with van der Waals surface area (Å²) in [4.78, 5) is 0. The highest BCUT2D eigenvalue weighted by molar-refractivity contribution is 7.87. The van der Waals surface area contributed by atoms with Crippen LogP contribution in [0.5, 0.6) is 0 Å². The summed E-state index contributed by atoms with van der Waals surface area (Å²) in [5.41, 5.74) is 1.23. The van der Waals surface area contributed by atoms with Gasteiger partial charge in [-0.1, -0.05) is 37.3 Å². The Kier molecular flexibility index (Phi) is 5.78. The Bertz CT molecular complexity index is 443. The van der Waals surface area contributed by atoms with Gasteiger partial charge in [-0.05, 0) is 31.7 Å². The van der Waals surface area contributed by atoms with Crippen molar-refractivity contribution in [2.24, 2.45) is 0 Å². The maximum absolute atomic E-state index is 11.5. The van der Waals surface area contributed by atoms with Crippen molar-refractivity contribution in [3.63, 3.8) is 0 Å². The zero-order valence-electron chi connectivity index (χ0n) is 11.2. The zero-order valence-corrected chi connectivity index (χ0v) is 12.0. The van der Waals surface area contributed by atoms with Crippen molar-refractivity contribution in [1.82, 2.24) is 9.44 Å². The van der Waals surface area contributed by atoms with Crippen LogP contribution < -0.4 is 9.44 Å². The number of rotatable bonds is 7. The van der Waals surface area contributed by atoms with E-state index in [1.165, 1.54) is 5.56 Å². The van der Waals surface area contributed by atoms with E-state index in [1.807, 2.05) is 18.2 Å². The lowest BCUT2D eigenvalue weighted by Crippen LogP contribution is -2.40. The Morgan fingerprint density at radius 2 is 1.72 bits per heavy atom. The summed E-state index contributed by atoms with van der Waals surface area (Å²) in [5, 5.41) is 0. The Hall–Kier alpha value is -0.910. The SMILES string of the molecule is CC(C)NS(=O)(=O)NCCC(C)c1ccccc1. The molecule has 0 aliphatic carbocycles. The molecule has 0 aliphatic heterocycles. The molecule has 0 saturated carbocycles. The van der Waals surface area contributed by atoms with Crippen LogP contribution >= 0.6 is 0 Å². The standard InChI is InChI=1S/C13H22N2O2S/c1-11(2)15-18(16,17)14-10-9-12(3)13-7-5-4-6-8-13/h4-8,11-12,14-15H,9-10H2,1-3H3. The number of hydrogen-bond acceptors (Lipinski definition) is 2. The van der Waals surface area contributed by atoms with Crippen LogP contribution in [0, 0.1) is 0 Å². The fraction of sp³-hybridized carbons (Fsp3) is 0.538. The number of nitrogens with one attached hydrogen (secondary N) is 2. The number of hydrogen-bond donors (Lipinski definition) is 2. The van der Waals surface area contributed by atoms with Gasteiger partial charge in [-0.15, -0.1) is 0 Å². The summed E-state index contributed by atoms with van der Waals surface area (Å²) in [6.07, 6.45) is 0.781. The molecular formula is C13H22N2O2S. The zero-order chi connectivity index (χ0) is 13.6. The first kappa shape index (κ1) is 15.1. The van der Waals surface area contributed by atoms with Gasteiger partial charge < -0.3 is 0 Å². The molecule has 1 atom stereocenters. The van der Waals surface area contributed by atoms with Gasteiger partial charge >= 0.3 is 0 Å². The Morgan fingerprint density at radius 3 is 2.28 bits per heavy atom. The third kappa shape index (κ3) is 5.62. The van der Waals surface area contributed by atoms with Crippen LogP contribution in [0.2, 0.25) is 0 Å². The van der Waals surface area contributed by atoms with Crippen LogP contribution in [0.1, 0.15) is 38.7 Å². The molecule has 1 aromatic carbocycles. The smallest absolute Gasteiger partial charge is 0.202 e. The largest absolute Gasteiger partial charge is 0.277 e. The minimum atomic E-state index is -3.36. The van der Waals surface area contributed by atoms with Crippen molar-refractivity contribution < 1.29 is 8.42 Å². The van der Waals surface area contributed by atoms with E-state index in [4.69, 9.17) is 0 Å². The summed E-state index contributed by atoms with van der Waals surface area (Å²) in [7, 11) is -3.36. The van der Waals surface area contributed by atoms with E-state index >= 15 is 0 Å². The summed E-state index contributed by atoms with van der Waals surface area (Å²) >= 11 is 0. The Morgan fingerprint density at radius 1 is 1.11 bits per heavy atom. The van der Waals surface area contributed by atoms with E-state index in [1.54, 1.807) is 13.8 Å². The first-order chi connectivity index (χ1) is 8.41. The highest BCUT2D eigenvalue weighted by atomic mass is 32.2. The van der Waals surface area contributed by atoms with Gasteiger partial charge in [0.2, 0.25) is 0 Å². The lowest BCUT2D eigenvalue weighted by molar-refractivity contribution is 0.548. The van der Waals surface area contributed by atoms with Gasteiger partial charge in [0.1, 0.15) is 0 Å². The predicted octanol–water partition coefficient (Wildman–Crippen LogP) is 2.01. The molecule has 1 rings (SSSR count). The van der Waals surface area contributed by atoms with Crippen LogP contribution in [0.4, 0.5) is 0 Å². The highest BCUT2D eigenvalue weighted by Crippen LogP contribution is 2.17. The molecule has 0 fully saturated rings. The minimum Gasteiger partial charge on any atom is -0.202 e. The molecule has 102 valence electrons. The molecule has 0 amide bonds. The average molecular weight is 270 g/mol. The Labute approximate surface area is 110 Å². The lowest BCUT2D eigenvalue weighted by Gasteiger charge is -2.14. The quantitative estimate of drug-likeness (QED) is 0.796. The van der Waals surface area contributed by atoms with Gasteiger partial charge in [-0.2, -0.15) is 13.1 Å². The van der Waals surface area contributed by atoms with Gasteiger partial charge in [-0.3, -0.25) is 0 Å². The van der Waals surface area contributed by atoms with Gasteiger partial charge in [0.15, 0.2) is 0 Å². The van der Waals surface area contributed by atoms with Crippen molar-refractivity contribution in [3.05, 3.63) is 35.9 Å². The third-order valence-electron chi connectivity index (χ3n) is 2.63.